The lowest BCUT2D eigenvalue weighted by atomic mass is 9.85. The number of carbonyl (C=O) groups is 3. The number of rotatable bonds is 8. The molecule has 162 valence electrons. The van der Waals surface area contributed by atoms with E-state index in [0.29, 0.717) is 24.0 Å². The monoisotopic (exact) mass is 423 g/mol. The van der Waals surface area contributed by atoms with E-state index in [1.165, 1.54) is 6.07 Å². The van der Waals surface area contributed by atoms with Crippen molar-refractivity contribution >= 4 is 17.8 Å². The van der Waals surface area contributed by atoms with E-state index in [0.717, 1.165) is 17.7 Å². The van der Waals surface area contributed by atoms with E-state index in [1.54, 1.807) is 23.1 Å². The van der Waals surface area contributed by atoms with Crippen LogP contribution in [0.5, 0.6) is 0 Å². The van der Waals surface area contributed by atoms with Crippen molar-refractivity contribution in [3.63, 3.8) is 0 Å². The van der Waals surface area contributed by atoms with Gasteiger partial charge in [0.25, 0.3) is 5.91 Å². The van der Waals surface area contributed by atoms with E-state index in [9.17, 15) is 18.8 Å². The number of amides is 4. The summed E-state index contributed by atoms with van der Waals surface area (Å²) >= 11 is 0. The highest BCUT2D eigenvalue weighted by Crippen LogP contribution is 2.34. The van der Waals surface area contributed by atoms with Gasteiger partial charge in [-0.15, -0.1) is 0 Å². The third-order valence-corrected chi connectivity index (χ3v) is 5.97. The molecule has 4 rings (SSSR count). The zero-order valence-corrected chi connectivity index (χ0v) is 17.5. The van der Waals surface area contributed by atoms with Gasteiger partial charge >= 0.3 is 6.03 Å². The fraction of sp³-hybridized carbons (Fsp3) is 0.375. The first kappa shape index (κ1) is 21.0. The Morgan fingerprint density at radius 3 is 2.45 bits per heavy atom. The average molecular weight is 423 g/mol. The topological polar surface area (TPSA) is 69.7 Å². The highest BCUT2D eigenvalue weighted by molar-refractivity contribution is 6.09. The lowest BCUT2D eigenvalue weighted by Crippen LogP contribution is -2.46. The molecule has 0 bridgehead atoms. The molecule has 0 radical (unpaired) electrons. The van der Waals surface area contributed by atoms with Crippen molar-refractivity contribution in [1.82, 2.24) is 15.1 Å². The summed E-state index contributed by atoms with van der Waals surface area (Å²) in [6, 6.07) is 14.9. The van der Waals surface area contributed by atoms with Gasteiger partial charge in [0.15, 0.2) is 0 Å². The second kappa shape index (κ2) is 8.49. The van der Waals surface area contributed by atoms with E-state index in [2.05, 4.69) is 5.32 Å². The highest BCUT2D eigenvalue weighted by Gasteiger charge is 2.52. The Hall–Kier alpha value is -3.22. The molecule has 2 aromatic rings. The number of nitrogens with zero attached hydrogens (tertiary/aromatic N) is 2. The molecule has 1 atom stereocenters. The third-order valence-electron chi connectivity index (χ3n) is 5.97. The van der Waals surface area contributed by atoms with E-state index >= 15 is 0 Å². The number of carbonyl (C=O) groups excluding carboxylic acids is 3. The summed E-state index contributed by atoms with van der Waals surface area (Å²) in [5.74, 6) is -1.14. The van der Waals surface area contributed by atoms with Crippen molar-refractivity contribution in [2.45, 2.75) is 50.7 Å². The Morgan fingerprint density at radius 1 is 1.13 bits per heavy atom. The number of nitrogens with one attached hydrogen (secondary N) is 1. The zero-order chi connectivity index (χ0) is 22.0. The molecule has 6 nitrogen and oxygen atoms in total. The maximum atomic E-state index is 14.1. The first-order valence-corrected chi connectivity index (χ1v) is 10.7. The lowest BCUT2D eigenvalue weighted by molar-refractivity contribution is -0.140. The van der Waals surface area contributed by atoms with Gasteiger partial charge < -0.3 is 10.2 Å². The van der Waals surface area contributed by atoms with Gasteiger partial charge in [0.1, 0.15) is 17.9 Å². The van der Waals surface area contributed by atoms with Crippen LogP contribution in [0.2, 0.25) is 0 Å². The first-order chi connectivity index (χ1) is 15.0. The quantitative estimate of drug-likeness (QED) is 0.660. The second-order valence-electron chi connectivity index (χ2n) is 8.19. The Labute approximate surface area is 181 Å². The van der Waals surface area contributed by atoms with Crippen molar-refractivity contribution in [1.29, 1.82) is 0 Å². The molecule has 1 aliphatic heterocycles. The lowest BCUT2D eigenvalue weighted by Gasteiger charge is -2.28. The van der Waals surface area contributed by atoms with Crippen molar-refractivity contribution in [3.8, 4) is 0 Å². The molecule has 2 aromatic carbocycles. The van der Waals surface area contributed by atoms with E-state index in [1.807, 2.05) is 37.3 Å². The van der Waals surface area contributed by atoms with Crippen LogP contribution in [0.4, 0.5) is 9.18 Å². The third kappa shape index (κ3) is 4.04. The summed E-state index contributed by atoms with van der Waals surface area (Å²) in [6.07, 6.45) is 2.80. The molecule has 7 heteroatoms. The summed E-state index contributed by atoms with van der Waals surface area (Å²) in [6.45, 7) is 1.72. The maximum absolute atomic E-state index is 14.1. The summed E-state index contributed by atoms with van der Waals surface area (Å²) in [4.78, 5) is 41.9. The molecule has 1 aliphatic carbocycles. The summed E-state index contributed by atoms with van der Waals surface area (Å²) in [7, 11) is 0. The summed E-state index contributed by atoms with van der Waals surface area (Å²) in [5, 5.41) is 2.84. The Kier molecular flexibility index (Phi) is 5.76. The maximum Gasteiger partial charge on any atom is 0.325 e. The normalized spacial score (nSPS) is 20.6. The first-order valence-electron chi connectivity index (χ1n) is 10.7. The molecule has 0 aromatic heterocycles. The Balaban J connectivity index is 1.55. The highest BCUT2D eigenvalue weighted by atomic mass is 19.1. The molecule has 0 unspecified atom stereocenters. The van der Waals surface area contributed by atoms with Crippen molar-refractivity contribution in [2.24, 2.45) is 0 Å². The van der Waals surface area contributed by atoms with Gasteiger partial charge in [-0.25, -0.2) is 9.18 Å². The van der Waals surface area contributed by atoms with Crippen LogP contribution in [0, 0.1) is 5.82 Å². The number of hydrogen-bond donors (Lipinski definition) is 1. The number of benzene rings is 2. The molecule has 1 saturated heterocycles. The van der Waals surface area contributed by atoms with Crippen LogP contribution in [0.15, 0.2) is 54.6 Å². The van der Waals surface area contributed by atoms with E-state index in [-0.39, 0.29) is 30.9 Å². The fourth-order valence-electron chi connectivity index (χ4n) is 4.22. The van der Waals surface area contributed by atoms with Crippen LogP contribution in [-0.4, -0.2) is 40.2 Å². The number of hydrogen-bond acceptors (Lipinski definition) is 3. The van der Waals surface area contributed by atoms with Crippen molar-refractivity contribution in [2.75, 3.05) is 6.54 Å². The van der Waals surface area contributed by atoms with Gasteiger partial charge in [-0.1, -0.05) is 61.9 Å². The van der Waals surface area contributed by atoms with Crippen LogP contribution in [0.25, 0.3) is 0 Å². The molecule has 2 aliphatic rings. The van der Waals surface area contributed by atoms with Crippen LogP contribution in [-0.2, 0) is 21.7 Å². The number of halogens is 1. The molecular formula is C24H26FN3O3. The standard InChI is InChI=1S/C24H26FN3O3/c1-2-14-24(18-9-4-3-5-10-18)22(30)28(23(31)26-24)16-21(29)27(19-12-13-19)15-17-8-6-7-11-20(17)25/h3-11,19H,2,12-16H2,1H3,(H,26,31)/t24-/m0/s1. The number of imide groups is 1. The predicted molar refractivity (Wildman–Crippen MR) is 113 cm³/mol. The zero-order valence-electron chi connectivity index (χ0n) is 17.5. The van der Waals surface area contributed by atoms with Gasteiger partial charge in [0.05, 0.1) is 0 Å². The van der Waals surface area contributed by atoms with Gasteiger partial charge in [0.2, 0.25) is 5.91 Å². The molecule has 1 heterocycles. The minimum atomic E-state index is -1.16. The molecule has 1 N–H and O–H groups in total. The Morgan fingerprint density at radius 2 is 1.81 bits per heavy atom. The predicted octanol–water partition coefficient (Wildman–Crippen LogP) is 3.56. The van der Waals surface area contributed by atoms with Crippen LogP contribution in [0.1, 0.15) is 43.7 Å². The average Bonchev–Trinajstić information content (AvgIpc) is 3.58. The summed E-state index contributed by atoms with van der Waals surface area (Å²) in [5.41, 5.74) is -0.0383. The smallest absolute Gasteiger partial charge is 0.325 e. The van der Waals surface area contributed by atoms with Crippen LogP contribution >= 0.6 is 0 Å². The van der Waals surface area contributed by atoms with Crippen molar-refractivity contribution in [3.05, 3.63) is 71.5 Å². The van der Waals surface area contributed by atoms with Gasteiger partial charge in [0, 0.05) is 18.2 Å². The molecular weight excluding hydrogens is 397 g/mol. The SMILES string of the molecule is CCC[C@@]1(c2ccccc2)NC(=O)N(CC(=O)N(Cc2ccccc2F)C2CC2)C1=O. The molecule has 1 saturated carbocycles. The summed E-state index contributed by atoms with van der Waals surface area (Å²) < 4.78 is 14.1. The van der Waals surface area contributed by atoms with Gasteiger partial charge in [-0.3, -0.25) is 14.5 Å². The Bertz CT molecular complexity index is 993. The van der Waals surface area contributed by atoms with Crippen LogP contribution in [0.3, 0.4) is 0 Å². The number of urea groups is 1. The minimum absolute atomic E-state index is 0.0161. The molecule has 2 fully saturated rings. The van der Waals surface area contributed by atoms with E-state index < -0.39 is 17.5 Å². The largest absolute Gasteiger partial charge is 0.334 e. The van der Waals surface area contributed by atoms with E-state index in [4.69, 9.17) is 0 Å². The second-order valence-corrected chi connectivity index (χ2v) is 8.19. The van der Waals surface area contributed by atoms with Gasteiger partial charge in [-0.2, -0.15) is 0 Å². The minimum Gasteiger partial charge on any atom is -0.334 e. The van der Waals surface area contributed by atoms with Gasteiger partial charge in [-0.05, 0) is 30.9 Å². The fourth-order valence-corrected chi connectivity index (χ4v) is 4.22. The molecule has 4 amide bonds. The van der Waals surface area contributed by atoms with Crippen LogP contribution < -0.4 is 5.32 Å². The van der Waals surface area contributed by atoms with Crippen molar-refractivity contribution < 1.29 is 18.8 Å². The molecule has 31 heavy (non-hydrogen) atoms. The molecule has 0 spiro atoms.